The fourth-order valence-corrected chi connectivity index (χ4v) is 1.61. The van der Waals surface area contributed by atoms with Crippen molar-refractivity contribution in [1.82, 2.24) is 9.97 Å². The highest BCUT2D eigenvalue weighted by atomic mass is 16.5. The van der Waals surface area contributed by atoms with Gasteiger partial charge in [-0.3, -0.25) is 4.98 Å². The van der Waals surface area contributed by atoms with Crippen molar-refractivity contribution >= 4 is 5.97 Å². The summed E-state index contributed by atoms with van der Waals surface area (Å²) in [6.45, 7) is 2.04. The van der Waals surface area contributed by atoms with Gasteiger partial charge in [-0.15, -0.1) is 0 Å². The van der Waals surface area contributed by atoms with E-state index in [0.717, 1.165) is 12.0 Å². The standard InChI is InChI=1S/C14H14N2O3/c1-3-10-6-4-5-7-12(10)19-13-9-15-8-11(16-13)14(17)18-2/h4-9H,3H2,1-2H3. The van der Waals surface area contributed by atoms with E-state index in [2.05, 4.69) is 14.7 Å². The number of benzene rings is 1. The SMILES string of the molecule is CCc1ccccc1Oc1cncc(C(=O)OC)n1. The van der Waals surface area contributed by atoms with E-state index in [-0.39, 0.29) is 11.6 Å². The molecular weight excluding hydrogens is 244 g/mol. The lowest BCUT2D eigenvalue weighted by atomic mass is 10.1. The van der Waals surface area contributed by atoms with Crippen LogP contribution in [-0.2, 0) is 11.2 Å². The van der Waals surface area contributed by atoms with Crippen molar-refractivity contribution in [2.24, 2.45) is 0 Å². The van der Waals surface area contributed by atoms with Gasteiger partial charge in [0, 0.05) is 0 Å². The van der Waals surface area contributed by atoms with Crippen LogP contribution >= 0.6 is 0 Å². The summed E-state index contributed by atoms with van der Waals surface area (Å²) < 4.78 is 10.2. The molecule has 0 unspecified atom stereocenters. The molecule has 0 aliphatic rings. The fourth-order valence-electron chi connectivity index (χ4n) is 1.61. The van der Waals surface area contributed by atoms with Crippen LogP contribution in [0, 0.1) is 0 Å². The second kappa shape index (κ2) is 5.95. The zero-order valence-corrected chi connectivity index (χ0v) is 10.8. The molecule has 0 fully saturated rings. The zero-order chi connectivity index (χ0) is 13.7. The number of esters is 1. The van der Waals surface area contributed by atoms with Crippen LogP contribution in [0.1, 0.15) is 23.0 Å². The van der Waals surface area contributed by atoms with E-state index < -0.39 is 5.97 Å². The van der Waals surface area contributed by atoms with E-state index in [1.54, 1.807) is 0 Å². The van der Waals surface area contributed by atoms with Gasteiger partial charge in [-0.2, -0.15) is 0 Å². The van der Waals surface area contributed by atoms with Crippen molar-refractivity contribution in [2.75, 3.05) is 7.11 Å². The molecule has 2 rings (SSSR count). The Labute approximate surface area is 111 Å². The Morgan fingerprint density at radius 1 is 1.26 bits per heavy atom. The van der Waals surface area contributed by atoms with Crippen LogP contribution in [0.3, 0.4) is 0 Å². The topological polar surface area (TPSA) is 61.3 Å². The Hall–Kier alpha value is -2.43. The quantitative estimate of drug-likeness (QED) is 0.789. The second-order valence-corrected chi connectivity index (χ2v) is 3.80. The summed E-state index contributed by atoms with van der Waals surface area (Å²) in [5, 5.41) is 0. The lowest BCUT2D eigenvalue weighted by Crippen LogP contribution is -2.05. The molecule has 0 N–H and O–H groups in total. The Balaban J connectivity index is 2.26. The molecule has 0 spiro atoms. The first-order valence-electron chi connectivity index (χ1n) is 5.90. The van der Waals surface area contributed by atoms with Gasteiger partial charge in [-0.05, 0) is 18.1 Å². The van der Waals surface area contributed by atoms with Crippen LogP contribution in [0.15, 0.2) is 36.7 Å². The lowest BCUT2D eigenvalue weighted by molar-refractivity contribution is 0.0592. The third kappa shape index (κ3) is 3.07. The fraction of sp³-hybridized carbons (Fsp3) is 0.214. The first-order valence-corrected chi connectivity index (χ1v) is 5.90. The van der Waals surface area contributed by atoms with Crippen LogP contribution < -0.4 is 4.74 Å². The average molecular weight is 258 g/mol. The number of para-hydroxylation sites is 1. The number of nitrogens with zero attached hydrogens (tertiary/aromatic N) is 2. The van der Waals surface area contributed by atoms with Gasteiger partial charge >= 0.3 is 5.97 Å². The van der Waals surface area contributed by atoms with Crippen molar-refractivity contribution in [1.29, 1.82) is 0 Å². The largest absolute Gasteiger partial charge is 0.464 e. The summed E-state index contributed by atoms with van der Waals surface area (Å²) >= 11 is 0. The number of rotatable bonds is 4. The number of hydrogen-bond donors (Lipinski definition) is 0. The third-order valence-corrected chi connectivity index (χ3v) is 2.58. The maximum atomic E-state index is 11.4. The number of aryl methyl sites for hydroxylation is 1. The van der Waals surface area contributed by atoms with Crippen LogP contribution in [0.25, 0.3) is 0 Å². The van der Waals surface area contributed by atoms with Crippen LogP contribution in [-0.4, -0.2) is 23.0 Å². The Bertz CT molecular complexity index is 584. The molecule has 0 amide bonds. The molecule has 0 atom stereocenters. The van der Waals surface area contributed by atoms with Crippen molar-refractivity contribution in [3.05, 3.63) is 47.9 Å². The molecule has 0 radical (unpaired) electrons. The Kier molecular flexibility index (Phi) is 4.07. The molecule has 98 valence electrons. The van der Waals surface area contributed by atoms with E-state index in [0.29, 0.717) is 5.75 Å². The first-order chi connectivity index (χ1) is 9.24. The van der Waals surface area contributed by atoms with Crippen molar-refractivity contribution in [2.45, 2.75) is 13.3 Å². The minimum atomic E-state index is -0.540. The van der Waals surface area contributed by atoms with Gasteiger partial charge in [0.25, 0.3) is 0 Å². The van der Waals surface area contributed by atoms with Crippen molar-refractivity contribution < 1.29 is 14.3 Å². The minimum absolute atomic E-state index is 0.119. The molecule has 0 saturated heterocycles. The van der Waals surface area contributed by atoms with Gasteiger partial charge < -0.3 is 9.47 Å². The number of hydrogen-bond acceptors (Lipinski definition) is 5. The number of ether oxygens (including phenoxy) is 2. The number of carbonyl (C=O) groups excluding carboxylic acids is 1. The zero-order valence-electron chi connectivity index (χ0n) is 10.8. The highest BCUT2D eigenvalue weighted by Gasteiger charge is 2.10. The van der Waals surface area contributed by atoms with E-state index in [9.17, 15) is 4.79 Å². The number of methoxy groups -OCH3 is 1. The van der Waals surface area contributed by atoms with E-state index >= 15 is 0 Å². The second-order valence-electron chi connectivity index (χ2n) is 3.80. The number of carbonyl (C=O) groups is 1. The van der Waals surface area contributed by atoms with Crippen LogP contribution in [0.5, 0.6) is 11.6 Å². The van der Waals surface area contributed by atoms with E-state index in [1.165, 1.54) is 19.5 Å². The van der Waals surface area contributed by atoms with Crippen molar-refractivity contribution in [3.63, 3.8) is 0 Å². The summed E-state index contributed by atoms with van der Waals surface area (Å²) in [5.41, 5.74) is 1.18. The third-order valence-electron chi connectivity index (χ3n) is 2.58. The van der Waals surface area contributed by atoms with Gasteiger partial charge in [-0.25, -0.2) is 9.78 Å². The molecular formula is C14H14N2O3. The summed E-state index contributed by atoms with van der Waals surface area (Å²) in [5.74, 6) is 0.437. The monoisotopic (exact) mass is 258 g/mol. The average Bonchev–Trinajstić information content (AvgIpc) is 2.47. The molecule has 1 aromatic carbocycles. The molecule has 19 heavy (non-hydrogen) atoms. The van der Waals surface area contributed by atoms with Crippen LogP contribution in [0.4, 0.5) is 0 Å². The van der Waals surface area contributed by atoms with Gasteiger partial charge in [0.15, 0.2) is 5.69 Å². The molecule has 5 nitrogen and oxygen atoms in total. The highest BCUT2D eigenvalue weighted by Crippen LogP contribution is 2.23. The van der Waals surface area contributed by atoms with Gasteiger partial charge in [0.05, 0.1) is 19.5 Å². The van der Waals surface area contributed by atoms with E-state index in [4.69, 9.17) is 4.74 Å². The molecule has 0 aliphatic heterocycles. The minimum Gasteiger partial charge on any atom is -0.464 e. The lowest BCUT2D eigenvalue weighted by Gasteiger charge is -2.09. The molecule has 0 bridgehead atoms. The highest BCUT2D eigenvalue weighted by molar-refractivity contribution is 5.86. The molecule has 0 saturated carbocycles. The van der Waals surface area contributed by atoms with Gasteiger partial charge in [0.1, 0.15) is 5.75 Å². The molecule has 2 aromatic rings. The van der Waals surface area contributed by atoms with Crippen LogP contribution in [0.2, 0.25) is 0 Å². The van der Waals surface area contributed by atoms with Gasteiger partial charge in [0.2, 0.25) is 5.88 Å². The molecule has 0 aliphatic carbocycles. The first kappa shape index (κ1) is 13.0. The molecule has 1 heterocycles. The maximum absolute atomic E-state index is 11.4. The Morgan fingerprint density at radius 3 is 2.79 bits per heavy atom. The predicted molar refractivity (Wildman–Crippen MR) is 69.3 cm³/mol. The Morgan fingerprint density at radius 2 is 2.05 bits per heavy atom. The van der Waals surface area contributed by atoms with E-state index in [1.807, 2.05) is 31.2 Å². The summed E-state index contributed by atoms with van der Waals surface area (Å²) in [6.07, 6.45) is 3.64. The van der Waals surface area contributed by atoms with Gasteiger partial charge in [-0.1, -0.05) is 25.1 Å². The summed E-state index contributed by atoms with van der Waals surface area (Å²) in [4.78, 5) is 19.3. The molecule has 1 aromatic heterocycles. The summed E-state index contributed by atoms with van der Waals surface area (Å²) in [6, 6.07) is 7.66. The predicted octanol–water partition coefficient (Wildman–Crippen LogP) is 2.62. The summed E-state index contributed by atoms with van der Waals surface area (Å²) in [7, 11) is 1.30. The molecule has 5 heteroatoms. The number of aromatic nitrogens is 2. The maximum Gasteiger partial charge on any atom is 0.358 e. The smallest absolute Gasteiger partial charge is 0.358 e. The van der Waals surface area contributed by atoms with Crippen molar-refractivity contribution in [3.8, 4) is 11.6 Å². The normalized spacial score (nSPS) is 10.0.